The van der Waals surface area contributed by atoms with Crippen molar-refractivity contribution in [2.45, 2.75) is 47.0 Å². The molecule has 0 aromatic carbocycles. The molecule has 0 amide bonds. The van der Waals surface area contributed by atoms with E-state index in [1.54, 1.807) is 0 Å². The molecule has 0 heterocycles. The molecule has 1 N–H and O–H groups in total. The molecule has 92 valence electrons. The molecule has 0 saturated carbocycles. The van der Waals surface area contributed by atoms with E-state index in [4.69, 9.17) is 5.11 Å². The summed E-state index contributed by atoms with van der Waals surface area (Å²) in [7, 11) is 0. The van der Waals surface area contributed by atoms with Crippen molar-refractivity contribution in [3.05, 3.63) is 35.5 Å². The van der Waals surface area contributed by atoms with Gasteiger partial charge in [0.25, 0.3) is 0 Å². The van der Waals surface area contributed by atoms with Gasteiger partial charge in [0, 0.05) is 0 Å². The van der Waals surface area contributed by atoms with Gasteiger partial charge in [-0.1, -0.05) is 42.4 Å². The minimum Gasteiger partial charge on any atom is -0.392 e. The monoisotopic (exact) mass is 222 g/mol. The highest BCUT2D eigenvalue weighted by atomic mass is 16.2. The molecule has 0 saturated heterocycles. The van der Waals surface area contributed by atoms with E-state index < -0.39 is 0 Å². The van der Waals surface area contributed by atoms with E-state index in [0.717, 1.165) is 6.42 Å². The minimum atomic E-state index is 0.169. The topological polar surface area (TPSA) is 20.2 Å². The van der Waals surface area contributed by atoms with Crippen LogP contribution in [0.5, 0.6) is 0 Å². The molecular formula is C15H26O. The third-order valence-corrected chi connectivity index (χ3v) is 2.54. The Balaban J connectivity index is 3.74. The Kier molecular flexibility index (Phi) is 8.93. The summed E-state index contributed by atoms with van der Waals surface area (Å²) in [6.45, 7) is 8.72. The standard InChI is InChI=1S/C15H26O/c1-13(2)7-5-8-14(3)9-6-10-15(4)11-12-16/h5,7-8,11,14,16H,6,9-10,12H2,1-4H3/b8-5+,15-11+. The highest BCUT2D eigenvalue weighted by Gasteiger charge is 1.97. The van der Waals surface area contributed by atoms with Gasteiger partial charge in [-0.3, -0.25) is 0 Å². The van der Waals surface area contributed by atoms with Crippen molar-refractivity contribution in [2.75, 3.05) is 6.61 Å². The minimum absolute atomic E-state index is 0.169. The van der Waals surface area contributed by atoms with Gasteiger partial charge in [0.1, 0.15) is 0 Å². The fourth-order valence-electron chi connectivity index (χ4n) is 1.49. The van der Waals surface area contributed by atoms with Crippen LogP contribution in [0, 0.1) is 5.92 Å². The van der Waals surface area contributed by atoms with Crippen molar-refractivity contribution in [1.82, 2.24) is 0 Å². The summed E-state index contributed by atoms with van der Waals surface area (Å²) >= 11 is 0. The summed E-state index contributed by atoms with van der Waals surface area (Å²) in [6, 6.07) is 0. The maximum absolute atomic E-state index is 8.72. The van der Waals surface area contributed by atoms with E-state index in [1.807, 2.05) is 6.08 Å². The van der Waals surface area contributed by atoms with Gasteiger partial charge in [0.05, 0.1) is 6.61 Å². The van der Waals surface area contributed by atoms with Crippen molar-refractivity contribution >= 4 is 0 Å². The van der Waals surface area contributed by atoms with Crippen LogP contribution in [0.3, 0.4) is 0 Å². The van der Waals surface area contributed by atoms with E-state index in [-0.39, 0.29) is 6.61 Å². The third kappa shape index (κ3) is 9.72. The number of aliphatic hydroxyl groups is 1. The predicted octanol–water partition coefficient (Wildman–Crippen LogP) is 4.25. The van der Waals surface area contributed by atoms with Gasteiger partial charge in [-0.25, -0.2) is 0 Å². The summed E-state index contributed by atoms with van der Waals surface area (Å²) in [4.78, 5) is 0. The van der Waals surface area contributed by atoms with Crippen molar-refractivity contribution < 1.29 is 5.11 Å². The lowest BCUT2D eigenvalue weighted by Gasteiger charge is -2.05. The second kappa shape index (κ2) is 9.41. The predicted molar refractivity (Wildman–Crippen MR) is 72.4 cm³/mol. The zero-order chi connectivity index (χ0) is 12.4. The Morgan fingerprint density at radius 2 is 1.94 bits per heavy atom. The molecule has 1 unspecified atom stereocenters. The van der Waals surface area contributed by atoms with Crippen LogP contribution in [0.15, 0.2) is 35.5 Å². The molecule has 0 aromatic heterocycles. The van der Waals surface area contributed by atoms with E-state index >= 15 is 0 Å². The van der Waals surface area contributed by atoms with E-state index in [9.17, 15) is 0 Å². The van der Waals surface area contributed by atoms with Gasteiger partial charge in [0.2, 0.25) is 0 Å². The number of aliphatic hydroxyl groups excluding tert-OH is 1. The molecule has 0 bridgehead atoms. The SMILES string of the molecule is CC(C)=C/C=C/C(C)CCC/C(C)=C/CO. The third-order valence-electron chi connectivity index (χ3n) is 2.54. The molecule has 0 aliphatic rings. The van der Waals surface area contributed by atoms with Gasteiger partial charge in [-0.15, -0.1) is 0 Å². The second-order valence-electron chi connectivity index (χ2n) is 4.73. The first-order valence-corrected chi connectivity index (χ1v) is 6.14. The van der Waals surface area contributed by atoms with Crippen LogP contribution < -0.4 is 0 Å². The Morgan fingerprint density at radius 3 is 2.50 bits per heavy atom. The number of hydrogen-bond donors (Lipinski definition) is 1. The smallest absolute Gasteiger partial charge is 0.0614 e. The average molecular weight is 222 g/mol. The highest BCUT2D eigenvalue weighted by molar-refractivity contribution is 5.09. The van der Waals surface area contributed by atoms with Crippen LogP contribution >= 0.6 is 0 Å². The van der Waals surface area contributed by atoms with Gasteiger partial charge in [0.15, 0.2) is 0 Å². The molecule has 0 spiro atoms. The van der Waals surface area contributed by atoms with Crippen LogP contribution in [0.4, 0.5) is 0 Å². The molecule has 16 heavy (non-hydrogen) atoms. The van der Waals surface area contributed by atoms with E-state index in [2.05, 4.69) is 45.9 Å². The molecule has 0 aromatic rings. The second-order valence-corrected chi connectivity index (χ2v) is 4.73. The van der Waals surface area contributed by atoms with Crippen LogP contribution in [-0.4, -0.2) is 11.7 Å². The Labute approximate surface area is 101 Å². The summed E-state index contributed by atoms with van der Waals surface area (Å²) < 4.78 is 0. The molecule has 1 heteroatoms. The van der Waals surface area contributed by atoms with Crippen LogP contribution in [0.1, 0.15) is 47.0 Å². The van der Waals surface area contributed by atoms with Gasteiger partial charge in [-0.2, -0.15) is 0 Å². The first-order valence-electron chi connectivity index (χ1n) is 6.14. The van der Waals surface area contributed by atoms with Gasteiger partial charge >= 0.3 is 0 Å². The van der Waals surface area contributed by atoms with Gasteiger partial charge in [-0.05, 0) is 46.0 Å². The molecule has 0 aliphatic carbocycles. The molecule has 0 fully saturated rings. The fraction of sp³-hybridized carbons (Fsp3) is 0.600. The Bertz CT molecular complexity index is 255. The molecule has 1 nitrogen and oxygen atoms in total. The number of rotatable bonds is 7. The number of allylic oxidation sites excluding steroid dienone is 5. The average Bonchev–Trinajstić information content (AvgIpc) is 2.17. The van der Waals surface area contributed by atoms with Gasteiger partial charge < -0.3 is 5.11 Å². The first-order chi connectivity index (χ1) is 7.56. The largest absolute Gasteiger partial charge is 0.392 e. The lowest BCUT2D eigenvalue weighted by atomic mass is 10.0. The quantitative estimate of drug-likeness (QED) is 0.504. The zero-order valence-electron chi connectivity index (χ0n) is 11.2. The lowest BCUT2D eigenvalue weighted by Crippen LogP contribution is -1.90. The van der Waals surface area contributed by atoms with Crippen LogP contribution in [0.2, 0.25) is 0 Å². The van der Waals surface area contributed by atoms with Crippen molar-refractivity contribution in [1.29, 1.82) is 0 Å². The molecule has 0 rings (SSSR count). The van der Waals surface area contributed by atoms with E-state index in [0.29, 0.717) is 5.92 Å². The summed E-state index contributed by atoms with van der Waals surface area (Å²) in [5, 5.41) is 8.72. The maximum atomic E-state index is 8.72. The van der Waals surface area contributed by atoms with Crippen molar-refractivity contribution in [3.63, 3.8) is 0 Å². The maximum Gasteiger partial charge on any atom is 0.0614 e. The van der Waals surface area contributed by atoms with E-state index in [1.165, 1.54) is 24.0 Å². The molecular weight excluding hydrogens is 196 g/mol. The molecule has 0 radical (unpaired) electrons. The molecule has 1 atom stereocenters. The number of hydrogen-bond acceptors (Lipinski definition) is 1. The highest BCUT2D eigenvalue weighted by Crippen LogP contribution is 2.13. The molecule has 0 aliphatic heterocycles. The first kappa shape index (κ1) is 15.2. The Morgan fingerprint density at radius 1 is 1.25 bits per heavy atom. The normalized spacial score (nSPS) is 14.2. The zero-order valence-corrected chi connectivity index (χ0v) is 11.2. The Hall–Kier alpha value is -0.820. The summed E-state index contributed by atoms with van der Waals surface area (Å²) in [5.74, 6) is 0.637. The van der Waals surface area contributed by atoms with Crippen LogP contribution in [-0.2, 0) is 0 Å². The lowest BCUT2D eigenvalue weighted by molar-refractivity contribution is 0.341. The van der Waals surface area contributed by atoms with Crippen molar-refractivity contribution in [3.8, 4) is 0 Å². The summed E-state index contributed by atoms with van der Waals surface area (Å²) in [5.41, 5.74) is 2.63. The van der Waals surface area contributed by atoms with Crippen LogP contribution in [0.25, 0.3) is 0 Å². The summed E-state index contributed by atoms with van der Waals surface area (Å²) in [6.07, 6.45) is 12.0. The van der Waals surface area contributed by atoms with Crippen molar-refractivity contribution in [2.24, 2.45) is 5.92 Å². The fourth-order valence-corrected chi connectivity index (χ4v) is 1.49.